The van der Waals surface area contributed by atoms with Gasteiger partial charge in [-0.05, 0) is 37.4 Å². The van der Waals surface area contributed by atoms with Crippen molar-refractivity contribution in [2.45, 2.75) is 19.3 Å². The lowest BCUT2D eigenvalue weighted by Crippen LogP contribution is -2.22. The van der Waals surface area contributed by atoms with Crippen LogP contribution in [0.2, 0.25) is 0 Å². The van der Waals surface area contributed by atoms with Crippen molar-refractivity contribution < 1.29 is 9.90 Å². The lowest BCUT2D eigenvalue weighted by molar-refractivity contribution is 0.194. The zero-order chi connectivity index (χ0) is 15.2. The van der Waals surface area contributed by atoms with E-state index in [1.807, 2.05) is 12.1 Å². The number of pyridine rings is 1. The van der Waals surface area contributed by atoms with E-state index in [0.717, 1.165) is 16.8 Å². The molecule has 0 bridgehead atoms. The van der Waals surface area contributed by atoms with Crippen molar-refractivity contribution in [2.24, 2.45) is 5.73 Å². The number of hydrogen-bond donors (Lipinski definition) is 4. The molecule has 0 aliphatic rings. The first kappa shape index (κ1) is 15.1. The number of para-hydroxylation sites is 1. The Kier molecular flexibility index (Phi) is 4.94. The summed E-state index contributed by atoms with van der Waals surface area (Å²) in [6.45, 7) is 0.866. The van der Waals surface area contributed by atoms with Gasteiger partial charge in [0, 0.05) is 23.7 Å². The molecular weight excluding hydrogens is 270 g/mol. The summed E-state index contributed by atoms with van der Waals surface area (Å²) in [6.07, 6.45) is 0.973. The van der Waals surface area contributed by atoms with E-state index in [-0.39, 0.29) is 5.43 Å². The summed E-state index contributed by atoms with van der Waals surface area (Å²) in [7, 11) is 0. The highest BCUT2D eigenvalue weighted by molar-refractivity contribution is 5.81. The van der Waals surface area contributed by atoms with Crippen LogP contribution in [0.3, 0.4) is 0 Å². The molecule has 0 saturated heterocycles. The molecule has 0 radical (unpaired) electrons. The molecule has 0 spiro atoms. The van der Waals surface area contributed by atoms with E-state index < -0.39 is 6.09 Å². The van der Waals surface area contributed by atoms with Crippen LogP contribution >= 0.6 is 0 Å². The SMILES string of the molecule is NCCc1cc(=O)c2cccc(CCCNC(=O)O)c2[nH]1. The molecule has 0 aliphatic carbocycles. The molecule has 2 aromatic rings. The molecule has 1 amide bonds. The van der Waals surface area contributed by atoms with E-state index in [1.54, 1.807) is 12.1 Å². The molecule has 2 rings (SSSR count). The van der Waals surface area contributed by atoms with Crippen LogP contribution in [0.1, 0.15) is 17.7 Å². The van der Waals surface area contributed by atoms with Crippen molar-refractivity contribution in [1.29, 1.82) is 0 Å². The number of fused-ring (bicyclic) bond motifs is 1. The van der Waals surface area contributed by atoms with E-state index in [1.165, 1.54) is 0 Å². The number of rotatable bonds is 6. The van der Waals surface area contributed by atoms with Gasteiger partial charge in [0.25, 0.3) is 0 Å². The summed E-state index contributed by atoms with van der Waals surface area (Å²) in [4.78, 5) is 25.8. The number of aryl methyl sites for hydroxylation is 1. The van der Waals surface area contributed by atoms with Gasteiger partial charge in [-0.3, -0.25) is 4.79 Å². The Balaban J connectivity index is 2.26. The number of H-pyrrole nitrogens is 1. The van der Waals surface area contributed by atoms with E-state index in [2.05, 4.69) is 10.3 Å². The van der Waals surface area contributed by atoms with Gasteiger partial charge >= 0.3 is 6.09 Å². The van der Waals surface area contributed by atoms with Gasteiger partial charge in [-0.15, -0.1) is 0 Å². The summed E-state index contributed by atoms with van der Waals surface area (Å²) in [6, 6.07) is 7.18. The van der Waals surface area contributed by atoms with Crippen LogP contribution in [-0.4, -0.2) is 29.3 Å². The molecule has 1 aromatic heterocycles. The molecule has 0 saturated carbocycles. The van der Waals surface area contributed by atoms with Crippen LogP contribution in [0.5, 0.6) is 0 Å². The number of amides is 1. The second kappa shape index (κ2) is 6.90. The van der Waals surface area contributed by atoms with Crippen molar-refractivity contribution in [3.63, 3.8) is 0 Å². The summed E-state index contributed by atoms with van der Waals surface area (Å²) in [5.41, 5.74) is 8.18. The number of nitrogens with two attached hydrogens (primary N) is 1. The Morgan fingerprint density at radius 2 is 2.14 bits per heavy atom. The molecule has 6 nitrogen and oxygen atoms in total. The number of hydrogen-bond acceptors (Lipinski definition) is 3. The first-order valence-corrected chi connectivity index (χ1v) is 6.92. The third-order valence-corrected chi connectivity index (χ3v) is 3.32. The highest BCUT2D eigenvalue weighted by Gasteiger charge is 2.06. The third-order valence-electron chi connectivity index (χ3n) is 3.32. The van der Waals surface area contributed by atoms with Gasteiger partial charge < -0.3 is 21.1 Å². The molecule has 6 heteroatoms. The average molecular weight is 289 g/mol. The summed E-state index contributed by atoms with van der Waals surface area (Å²) >= 11 is 0. The maximum Gasteiger partial charge on any atom is 0.404 e. The second-order valence-electron chi connectivity index (χ2n) is 4.87. The minimum absolute atomic E-state index is 0.0160. The highest BCUT2D eigenvalue weighted by Crippen LogP contribution is 2.16. The van der Waals surface area contributed by atoms with E-state index >= 15 is 0 Å². The van der Waals surface area contributed by atoms with Crippen LogP contribution in [0.15, 0.2) is 29.1 Å². The maximum absolute atomic E-state index is 12.1. The topological polar surface area (TPSA) is 108 Å². The fourth-order valence-electron chi connectivity index (χ4n) is 2.36. The number of nitrogens with one attached hydrogen (secondary N) is 2. The molecular formula is C15H19N3O3. The van der Waals surface area contributed by atoms with Crippen molar-refractivity contribution in [1.82, 2.24) is 10.3 Å². The molecule has 1 aromatic carbocycles. The quantitative estimate of drug-likeness (QED) is 0.600. The largest absolute Gasteiger partial charge is 0.465 e. The maximum atomic E-state index is 12.1. The predicted octanol–water partition coefficient (Wildman–Crippen LogP) is 1.23. The van der Waals surface area contributed by atoms with Gasteiger partial charge in [0.15, 0.2) is 5.43 Å². The van der Waals surface area contributed by atoms with E-state index in [9.17, 15) is 9.59 Å². The fraction of sp³-hybridized carbons (Fsp3) is 0.333. The molecule has 0 unspecified atom stereocenters. The van der Waals surface area contributed by atoms with E-state index in [0.29, 0.717) is 37.7 Å². The Bertz CT molecular complexity index is 694. The number of benzene rings is 1. The summed E-state index contributed by atoms with van der Waals surface area (Å²) in [5.74, 6) is 0. The number of aromatic nitrogens is 1. The first-order chi connectivity index (χ1) is 10.1. The number of aromatic amines is 1. The smallest absolute Gasteiger partial charge is 0.404 e. The molecule has 0 aliphatic heterocycles. The zero-order valence-corrected chi connectivity index (χ0v) is 11.7. The molecule has 0 atom stereocenters. The van der Waals surface area contributed by atoms with Crippen molar-refractivity contribution in [2.75, 3.05) is 13.1 Å². The van der Waals surface area contributed by atoms with Crippen molar-refractivity contribution >= 4 is 17.0 Å². The molecule has 0 fully saturated rings. The van der Waals surface area contributed by atoms with Crippen LogP contribution < -0.4 is 16.5 Å². The zero-order valence-electron chi connectivity index (χ0n) is 11.7. The Morgan fingerprint density at radius 3 is 2.86 bits per heavy atom. The molecule has 21 heavy (non-hydrogen) atoms. The second-order valence-corrected chi connectivity index (χ2v) is 4.87. The average Bonchev–Trinajstić information content (AvgIpc) is 2.44. The van der Waals surface area contributed by atoms with Gasteiger partial charge in [-0.2, -0.15) is 0 Å². The summed E-state index contributed by atoms with van der Waals surface area (Å²) in [5, 5.41) is 11.5. The Morgan fingerprint density at radius 1 is 1.33 bits per heavy atom. The van der Waals surface area contributed by atoms with Gasteiger partial charge in [0.2, 0.25) is 0 Å². The number of carboxylic acid groups (broad SMARTS) is 1. The minimum Gasteiger partial charge on any atom is -0.465 e. The van der Waals surface area contributed by atoms with Crippen LogP contribution in [0, 0.1) is 0 Å². The first-order valence-electron chi connectivity index (χ1n) is 6.92. The fourth-order valence-corrected chi connectivity index (χ4v) is 2.36. The van der Waals surface area contributed by atoms with E-state index in [4.69, 9.17) is 10.8 Å². The lowest BCUT2D eigenvalue weighted by atomic mass is 10.0. The normalized spacial score (nSPS) is 10.7. The van der Waals surface area contributed by atoms with Crippen LogP contribution in [0.4, 0.5) is 4.79 Å². The number of carbonyl (C=O) groups is 1. The predicted molar refractivity (Wildman–Crippen MR) is 81.7 cm³/mol. The van der Waals surface area contributed by atoms with Gasteiger partial charge in [-0.25, -0.2) is 4.79 Å². The molecule has 5 N–H and O–H groups in total. The standard InChI is InChI=1S/C15H19N3O3/c16-7-6-11-9-13(19)12-5-1-3-10(14(12)18-11)4-2-8-17-15(20)21/h1,3,5,9,17H,2,4,6-8,16H2,(H,18,19)(H,20,21). The highest BCUT2D eigenvalue weighted by atomic mass is 16.4. The van der Waals surface area contributed by atoms with Gasteiger partial charge in [-0.1, -0.05) is 12.1 Å². The van der Waals surface area contributed by atoms with Crippen LogP contribution in [0.25, 0.3) is 10.9 Å². The van der Waals surface area contributed by atoms with Gasteiger partial charge in [0.1, 0.15) is 0 Å². The molecule has 1 heterocycles. The van der Waals surface area contributed by atoms with Crippen LogP contribution in [-0.2, 0) is 12.8 Å². The Hall–Kier alpha value is -2.34. The monoisotopic (exact) mass is 289 g/mol. The van der Waals surface area contributed by atoms with Crippen molar-refractivity contribution in [3.8, 4) is 0 Å². The van der Waals surface area contributed by atoms with Crippen molar-refractivity contribution in [3.05, 3.63) is 45.7 Å². The summed E-state index contributed by atoms with van der Waals surface area (Å²) < 4.78 is 0. The third kappa shape index (κ3) is 3.82. The minimum atomic E-state index is -1.02. The Labute approximate surface area is 122 Å². The van der Waals surface area contributed by atoms with Gasteiger partial charge in [0.05, 0.1) is 5.52 Å². The lowest BCUT2D eigenvalue weighted by Gasteiger charge is -2.09. The molecule has 112 valence electrons.